The van der Waals surface area contributed by atoms with E-state index in [4.69, 9.17) is 0 Å². The van der Waals surface area contributed by atoms with Crippen LogP contribution in [-0.4, -0.2) is 20.9 Å². The number of thiophene rings is 1. The highest BCUT2D eigenvalue weighted by Gasteiger charge is 1.99. The minimum atomic E-state index is 0.722. The molecular weight excluding hydrogens is 147 g/mol. The van der Waals surface area contributed by atoms with E-state index < -0.39 is 0 Å². The predicted octanol–water partition coefficient (Wildman–Crippen LogP) is 1.32. The molecule has 1 aliphatic heterocycles. The van der Waals surface area contributed by atoms with Gasteiger partial charge in [-0.1, -0.05) is 12.1 Å². The lowest BCUT2D eigenvalue weighted by Gasteiger charge is -1.71. The maximum atomic E-state index is 4.60. The molecule has 0 spiro atoms. The lowest BCUT2D eigenvalue weighted by Crippen LogP contribution is -1.83. The van der Waals surface area contributed by atoms with Crippen LogP contribution in [0.4, 0.5) is 0 Å². The fraction of sp³-hybridized carbons (Fsp3) is 0.333. The first-order valence-corrected chi connectivity index (χ1v) is 3.96. The van der Waals surface area contributed by atoms with Crippen LogP contribution in [0, 0.1) is 0 Å². The van der Waals surface area contributed by atoms with E-state index in [0.717, 1.165) is 13.2 Å². The average molecular weight is 155 g/mol. The highest BCUT2D eigenvalue weighted by molar-refractivity contribution is 7.07. The Hall–Kier alpha value is -0.315. The van der Waals surface area contributed by atoms with Crippen molar-refractivity contribution in [3.05, 3.63) is 22.9 Å². The van der Waals surface area contributed by atoms with Gasteiger partial charge in [0.15, 0.2) is 0 Å². The van der Waals surface area contributed by atoms with Crippen LogP contribution >= 0.6 is 11.3 Å². The molecule has 0 bridgehead atoms. The number of rotatable bonds is 0. The average Bonchev–Trinajstić information content (AvgIpc) is 2.67. The molecule has 0 saturated carbocycles. The summed E-state index contributed by atoms with van der Waals surface area (Å²) in [6, 6.07) is 4.04. The standard InChI is InChI=1S/C4H4S.C2H4BO2/c1-2-4-5-3-1;1-2-5-3-4-1/h1-4H;1-2H2. The van der Waals surface area contributed by atoms with Crippen molar-refractivity contribution in [1.29, 1.82) is 0 Å². The second-order valence-electron chi connectivity index (χ2n) is 1.63. The van der Waals surface area contributed by atoms with Crippen LogP contribution in [0.5, 0.6) is 0 Å². The van der Waals surface area contributed by atoms with Gasteiger partial charge in [-0.25, -0.2) is 0 Å². The predicted molar refractivity (Wildman–Crippen MR) is 42.0 cm³/mol. The highest BCUT2D eigenvalue weighted by atomic mass is 32.1. The van der Waals surface area contributed by atoms with E-state index in [9.17, 15) is 0 Å². The Morgan fingerprint density at radius 2 is 1.70 bits per heavy atom. The minimum Gasteiger partial charge on any atom is -0.411 e. The Balaban J connectivity index is 0.0000001000. The summed E-state index contributed by atoms with van der Waals surface area (Å²) in [5, 5.41) is 4.08. The van der Waals surface area contributed by atoms with Crippen molar-refractivity contribution < 1.29 is 9.31 Å². The van der Waals surface area contributed by atoms with Crippen LogP contribution in [0.15, 0.2) is 22.9 Å². The van der Waals surface area contributed by atoms with Crippen LogP contribution in [0.25, 0.3) is 0 Å². The molecule has 0 amide bonds. The third-order valence-corrected chi connectivity index (χ3v) is 1.51. The number of hydrogen-bond acceptors (Lipinski definition) is 3. The molecule has 1 aliphatic rings. The normalized spacial score (nSPS) is 15.2. The summed E-state index contributed by atoms with van der Waals surface area (Å²) < 4.78 is 9.19. The Morgan fingerprint density at radius 1 is 1.10 bits per heavy atom. The van der Waals surface area contributed by atoms with Gasteiger partial charge in [0, 0.05) is 0 Å². The molecule has 2 rings (SSSR count). The van der Waals surface area contributed by atoms with E-state index in [1.54, 1.807) is 11.3 Å². The van der Waals surface area contributed by atoms with E-state index in [-0.39, 0.29) is 0 Å². The molecule has 1 aromatic heterocycles. The van der Waals surface area contributed by atoms with Gasteiger partial charge in [0.2, 0.25) is 0 Å². The highest BCUT2D eigenvalue weighted by Crippen LogP contribution is 1.91. The Bertz CT molecular complexity index is 115. The van der Waals surface area contributed by atoms with Crippen molar-refractivity contribution in [2.75, 3.05) is 13.2 Å². The Labute approximate surface area is 65.1 Å². The summed E-state index contributed by atoms with van der Waals surface area (Å²) in [5.41, 5.74) is 0. The molecule has 0 atom stereocenters. The van der Waals surface area contributed by atoms with Gasteiger partial charge in [-0.15, -0.1) is 0 Å². The molecule has 0 unspecified atom stereocenters. The van der Waals surface area contributed by atoms with Crippen molar-refractivity contribution in [3.8, 4) is 0 Å². The zero-order valence-corrected chi connectivity index (χ0v) is 6.34. The quantitative estimate of drug-likeness (QED) is 0.526. The summed E-state index contributed by atoms with van der Waals surface area (Å²) in [4.78, 5) is 0. The van der Waals surface area contributed by atoms with Crippen LogP contribution in [0.1, 0.15) is 0 Å². The maximum absolute atomic E-state index is 4.60. The van der Waals surface area contributed by atoms with Gasteiger partial charge in [0.25, 0.3) is 0 Å². The summed E-state index contributed by atoms with van der Waals surface area (Å²) in [6.45, 7) is 1.44. The first-order valence-electron chi connectivity index (χ1n) is 3.02. The van der Waals surface area contributed by atoms with Crippen LogP contribution in [0.3, 0.4) is 0 Å². The SMILES string of the molecule is [B]1OCCO1.c1ccsc1. The second-order valence-corrected chi connectivity index (χ2v) is 2.45. The summed E-state index contributed by atoms with van der Waals surface area (Å²) >= 11 is 1.71. The zero-order valence-electron chi connectivity index (χ0n) is 5.53. The van der Waals surface area contributed by atoms with Crippen molar-refractivity contribution in [3.63, 3.8) is 0 Å². The van der Waals surface area contributed by atoms with E-state index in [1.165, 1.54) is 7.69 Å². The first-order chi connectivity index (χ1) is 5.00. The third kappa shape index (κ3) is 3.66. The van der Waals surface area contributed by atoms with E-state index in [0.29, 0.717) is 0 Å². The van der Waals surface area contributed by atoms with Gasteiger partial charge >= 0.3 is 7.69 Å². The fourth-order valence-corrected chi connectivity index (χ4v) is 0.921. The van der Waals surface area contributed by atoms with Crippen molar-refractivity contribution >= 4 is 19.0 Å². The molecule has 53 valence electrons. The van der Waals surface area contributed by atoms with Crippen molar-refractivity contribution in [1.82, 2.24) is 0 Å². The summed E-state index contributed by atoms with van der Waals surface area (Å²) in [7, 11) is 1.36. The van der Waals surface area contributed by atoms with Crippen molar-refractivity contribution in [2.45, 2.75) is 0 Å². The summed E-state index contributed by atoms with van der Waals surface area (Å²) in [6.07, 6.45) is 0. The fourth-order valence-electron chi connectivity index (χ4n) is 0.467. The Kier molecular flexibility index (Phi) is 4.26. The van der Waals surface area contributed by atoms with Gasteiger partial charge < -0.3 is 9.31 Å². The molecule has 0 aliphatic carbocycles. The lowest BCUT2D eigenvalue weighted by molar-refractivity contribution is 0.365. The molecule has 1 saturated heterocycles. The smallest absolute Gasteiger partial charge is 0.411 e. The minimum absolute atomic E-state index is 0.722. The van der Waals surface area contributed by atoms with E-state index >= 15 is 0 Å². The lowest BCUT2D eigenvalue weighted by atomic mass is 10.4. The maximum Gasteiger partial charge on any atom is 0.488 e. The molecule has 1 radical (unpaired) electrons. The molecule has 1 fully saturated rings. The third-order valence-electron chi connectivity index (χ3n) is 0.880. The van der Waals surface area contributed by atoms with Crippen molar-refractivity contribution in [2.24, 2.45) is 0 Å². The molecular formula is C6H8BO2S. The molecule has 1 aromatic rings. The molecule has 2 heterocycles. The van der Waals surface area contributed by atoms with Crippen LogP contribution in [-0.2, 0) is 9.31 Å². The van der Waals surface area contributed by atoms with Gasteiger partial charge in [0.05, 0.1) is 13.2 Å². The van der Waals surface area contributed by atoms with Crippen LogP contribution < -0.4 is 0 Å². The largest absolute Gasteiger partial charge is 0.488 e. The molecule has 2 nitrogen and oxygen atoms in total. The first kappa shape index (κ1) is 7.79. The summed E-state index contributed by atoms with van der Waals surface area (Å²) in [5.74, 6) is 0. The van der Waals surface area contributed by atoms with Gasteiger partial charge in [0.1, 0.15) is 0 Å². The topological polar surface area (TPSA) is 18.5 Å². The zero-order chi connectivity index (χ0) is 7.07. The van der Waals surface area contributed by atoms with Gasteiger partial charge in [-0.3, -0.25) is 0 Å². The van der Waals surface area contributed by atoms with Gasteiger partial charge in [-0.2, -0.15) is 11.3 Å². The van der Waals surface area contributed by atoms with E-state index in [2.05, 4.69) is 9.31 Å². The number of hydrogen-bond donors (Lipinski definition) is 0. The van der Waals surface area contributed by atoms with E-state index in [1.807, 2.05) is 22.9 Å². The van der Waals surface area contributed by atoms with Crippen LogP contribution in [0.2, 0.25) is 0 Å². The molecule has 4 heteroatoms. The molecule has 10 heavy (non-hydrogen) atoms. The monoisotopic (exact) mass is 155 g/mol. The molecule has 0 N–H and O–H groups in total. The molecule has 0 aromatic carbocycles. The second kappa shape index (κ2) is 5.47. The van der Waals surface area contributed by atoms with Gasteiger partial charge in [-0.05, 0) is 10.8 Å². The Morgan fingerprint density at radius 3 is 1.90 bits per heavy atom.